The third-order valence-electron chi connectivity index (χ3n) is 12.2. The maximum atomic E-state index is 6.29. The normalized spacial score (nSPS) is 11.8. The zero-order valence-corrected chi connectivity index (χ0v) is 34.4. The molecule has 0 aliphatic carbocycles. The Labute approximate surface area is 365 Å². The van der Waals surface area contributed by atoms with Gasteiger partial charge >= 0.3 is 0 Å². The molecule has 0 spiro atoms. The van der Waals surface area contributed by atoms with E-state index in [1.165, 1.54) is 36.9 Å². The van der Waals surface area contributed by atoms with Gasteiger partial charge in [0.2, 0.25) is 0 Å². The highest BCUT2D eigenvalue weighted by atomic mass is 32.1. The quantitative estimate of drug-likeness (QED) is 0.167. The van der Waals surface area contributed by atoms with Crippen molar-refractivity contribution in [1.29, 1.82) is 0 Å². The van der Waals surface area contributed by atoms with E-state index in [1.54, 1.807) is 0 Å². The summed E-state index contributed by atoms with van der Waals surface area (Å²) in [6.45, 7) is 0. The first-order valence-electron chi connectivity index (χ1n) is 21.0. The molecule has 9 aromatic carbocycles. The number of nitrogens with zero attached hydrogens (tertiary/aromatic N) is 3. The third kappa shape index (κ3) is 5.95. The lowest BCUT2D eigenvalue weighted by Gasteiger charge is -2.11. The molecule has 0 unspecified atom stereocenters. The molecule has 0 saturated carbocycles. The molecule has 0 atom stereocenters. The Balaban J connectivity index is 0.870. The molecule has 13 rings (SSSR count). The van der Waals surface area contributed by atoms with Crippen LogP contribution in [0.15, 0.2) is 209 Å². The van der Waals surface area contributed by atoms with E-state index in [2.05, 4.69) is 140 Å². The molecule has 5 nitrogen and oxygen atoms in total. The molecule has 63 heavy (non-hydrogen) atoms. The van der Waals surface area contributed by atoms with Gasteiger partial charge in [-0.15, -0.1) is 11.3 Å². The van der Waals surface area contributed by atoms with E-state index in [-0.39, 0.29) is 0 Å². The summed E-state index contributed by atoms with van der Waals surface area (Å²) in [6.07, 6.45) is 0. The zero-order chi connectivity index (χ0) is 41.4. The van der Waals surface area contributed by atoms with Crippen molar-refractivity contribution in [2.45, 2.75) is 0 Å². The van der Waals surface area contributed by atoms with Gasteiger partial charge in [-0.1, -0.05) is 158 Å². The van der Waals surface area contributed by atoms with Crippen LogP contribution in [0.4, 0.5) is 0 Å². The molecule has 0 aliphatic rings. The van der Waals surface area contributed by atoms with Crippen LogP contribution in [0, 0.1) is 0 Å². The van der Waals surface area contributed by atoms with Gasteiger partial charge < -0.3 is 8.83 Å². The third-order valence-corrected chi connectivity index (χ3v) is 13.3. The van der Waals surface area contributed by atoms with Crippen LogP contribution in [0.5, 0.6) is 0 Å². The number of hydrogen-bond acceptors (Lipinski definition) is 6. The predicted molar refractivity (Wildman–Crippen MR) is 260 cm³/mol. The van der Waals surface area contributed by atoms with Crippen molar-refractivity contribution in [1.82, 2.24) is 15.0 Å². The Morgan fingerprint density at radius 3 is 1.30 bits per heavy atom. The number of thiophene rings is 1. The van der Waals surface area contributed by atoms with Gasteiger partial charge in [0.05, 0.1) is 0 Å². The molecule has 4 heterocycles. The largest absolute Gasteiger partial charge is 0.456 e. The summed E-state index contributed by atoms with van der Waals surface area (Å²) in [5.74, 6) is 1.72. The summed E-state index contributed by atoms with van der Waals surface area (Å²) in [6, 6.07) is 70.0. The fourth-order valence-electron chi connectivity index (χ4n) is 9.12. The Morgan fingerprint density at radius 1 is 0.286 bits per heavy atom. The minimum absolute atomic E-state index is 0.570. The van der Waals surface area contributed by atoms with Crippen LogP contribution in [0.25, 0.3) is 132 Å². The number of hydrogen-bond donors (Lipinski definition) is 0. The van der Waals surface area contributed by atoms with E-state index in [4.69, 9.17) is 23.8 Å². The van der Waals surface area contributed by atoms with Crippen LogP contribution in [0.1, 0.15) is 0 Å². The Morgan fingerprint density at radius 2 is 0.714 bits per heavy atom. The number of fused-ring (bicyclic) bond motifs is 9. The number of furan rings is 2. The molecule has 0 aliphatic heterocycles. The lowest BCUT2D eigenvalue weighted by Crippen LogP contribution is -2.00. The van der Waals surface area contributed by atoms with Crippen LogP contribution in [0.3, 0.4) is 0 Å². The maximum Gasteiger partial charge on any atom is 0.164 e. The molecule has 13 aromatic rings. The molecule has 0 radical (unpaired) electrons. The Bertz CT molecular complexity index is 3780. The van der Waals surface area contributed by atoms with Crippen molar-refractivity contribution in [2.75, 3.05) is 0 Å². The van der Waals surface area contributed by atoms with E-state index < -0.39 is 0 Å². The number of para-hydroxylation sites is 2. The van der Waals surface area contributed by atoms with Gasteiger partial charge in [0.1, 0.15) is 22.3 Å². The van der Waals surface area contributed by atoms with E-state index in [0.29, 0.717) is 17.5 Å². The van der Waals surface area contributed by atoms with Gasteiger partial charge in [-0.2, -0.15) is 0 Å². The summed E-state index contributed by atoms with van der Waals surface area (Å²) in [7, 11) is 0. The molecule has 0 bridgehead atoms. The van der Waals surface area contributed by atoms with Crippen molar-refractivity contribution in [3.8, 4) is 67.5 Å². The van der Waals surface area contributed by atoms with Gasteiger partial charge in [0, 0.05) is 58.4 Å². The molecule has 0 saturated heterocycles. The molecule has 0 fully saturated rings. The molecular formula is C57H33N3O2S. The predicted octanol–water partition coefficient (Wildman–Crippen LogP) is 16.0. The van der Waals surface area contributed by atoms with Gasteiger partial charge in [0.15, 0.2) is 17.5 Å². The number of aromatic nitrogens is 3. The second kappa shape index (κ2) is 14.2. The lowest BCUT2D eigenvalue weighted by atomic mass is 9.96. The van der Waals surface area contributed by atoms with Crippen LogP contribution in [-0.2, 0) is 0 Å². The van der Waals surface area contributed by atoms with E-state index in [9.17, 15) is 0 Å². The summed E-state index contributed by atoms with van der Waals surface area (Å²) in [5, 5.41) is 6.62. The van der Waals surface area contributed by atoms with Crippen LogP contribution >= 0.6 is 11.3 Å². The standard InChI is InChI=1S/C57H33N3O2S/c1-4-17-47-43(13-1)53-45(15-8-19-49(53)61-47)56-58-55(59-57(60-56)46-16-9-20-50-54(46)44-14-2-5-18-48(44)62-50)37-28-26-35(27-29-37)39-11-7-10-38(32-39)34-22-24-36(25-23-34)40-30-31-42-41-12-3-6-21-51(41)63-52(42)33-40/h1-33H. The van der Waals surface area contributed by atoms with E-state index in [1.807, 2.05) is 72.0 Å². The highest BCUT2D eigenvalue weighted by Gasteiger charge is 2.20. The van der Waals surface area contributed by atoms with Gasteiger partial charge in [-0.3, -0.25) is 0 Å². The lowest BCUT2D eigenvalue weighted by molar-refractivity contribution is 0.668. The smallest absolute Gasteiger partial charge is 0.164 e. The van der Waals surface area contributed by atoms with E-state index >= 15 is 0 Å². The van der Waals surface area contributed by atoms with Crippen molar-refractivity contribution >= 4 is 75.4 Å². The molecular weight excluding hydrogens is 791 g/mol. The Kier molecular flexibility index (Phi) is 8.01. The summed E-state index contributed by atoms with van der Waals surface area (Å²) in [5.41, 5.74) is 12.9. The van der Waals surface area contributed by atoms with Crippen molar-refractivity contribution in [2.24, 2.45) is 0 Å². The fraction of sp³-hybridized carbons (Fsp3) is 0. The first kappa shape index (κ1) is 35.6. The minimum Gasteiger partial charge on any atom is -0.456 e. The second-order valence-corrected chi connectivity index (χ2v) is 17.0. The summed E-state index contributed by atoms with van der Waals surface area (Å²) >= 11 is 1.85. The average Bonchev–Trinajstić information content (AvgIpc) is 4.05. The molecule has 6 heteroatoms. The topological polar surface area (TPSA) is 65.0 Å². The first-order valence-corrected chi connectivity index (χ1v) is 21.8. The maximum absolute atomic E-state index is 6.29. The van der Waals surface area contributed by atoms with Gasteiger partial charge in [0.25, 0.3) is 0 Å². The Hall–Kier alpha value is -8.19. The monoisotopic (exact) mass is 823 g/mol. The fourth-order valence-corrected chi connectivity index (χ4v) is 10.3. The van der Waals surface area contributed by atoms with Crippen LogP contribution < -0.4 is 0 Å². The van der Waals surface area contributed by atoms with Gasteiger partial charge in [-0.05, 0) is 75.8 Å². The van der Waals surface area contributed by atoms with Crippen LogP contribution in [-0.4, -0.2) is 15.0 Å². The second-order valence-electron chi connectivity index (χ2n) is 15.9. The summed E-state index contributed by atoms with van der Waals surface area (Å²) < 4.78 is 15.2. The van der Waals surface area contributed by atoms with Gasteiger partial charge in [-0.25, -0.2) is 15.0 Å². The molecule has 4 aromatic heterocycles. The van der Waals surface area contributed by atoms with Crippen molar-refractivity contribution < 1.29 is 8.83 Å². The number of rotatable bonds is 6. The molecule has 0 amide bonds. The molecule has 0 N–H and O–H groups in total. The van der Waals surface area contributed by atoms with E-state index in [0.717, 1.165) is 77.3 Å². The van der Waals surface area contributed by atoms with Crippen molar-refractivity contribution in [3.63, 3.8) is 0 Å². The highest BCUT2D eigenvalue weighted by molar-refractivity contribution is 7.25. The highest BCUT2D eigenvalue weighted by Crippen LogP contribution is 2.40. The average molecular weight is 824 g/mol. The minimum atomic E-state index is 0.570. The van der Waals surface area contributed by atoms with Crippen LogP contribution in [0.2, 0.25) is 0 Å². The first-order chi connectivity index (χ1) is 31.2. The summed E-state index contributed by atoms with van der Waals surface area (Å²) in [4.78, 5) is 15.6. The van der Waals surface area contributed by atoms with Crippen molar-refractivity contribution in [3.05, 3.63) is 200 Å². The SMILES string of the molecule is c1cc(-c2ccc(-c3ccc4c(c3)sc3ccccc34)cc2)cc(-c2ccc(-c3nc(-c4cccc5oc6ccccc6c45)nc(-c4cccc5oc6ccccc6c45)n3)cc2)c1. The number of benzene rings is 9. The molecule has 294 valence electrons. The zero-order valence-electron chi connectivity index (χ0n) is 33.6.